The molecule has 0 aromatic carbocycles. The van der Waals surface area contributed by atoms with Crippen molar-refractivity contribution in [3.8, 4) is 0 Å². The summed E-state index contributed by atoms with van der Waals surface area (Å²) >= 11 is 0. The highest BCUT2D eigenvalue weighted by Gasteiger charge is 2.32. The lowest BCUT2D eigenvalue weighted by Crippen LogP contribution is -2.49. The van der Waals surface area contributed by atoms with E-state index in [2.05, 4.69) is 9.97 Å². The number of hydrogen-bond donors (Lipinski definition) is 1. The van der Waals surface area contributed by atoms with Gasteiger partial charge in [-0.1, -0.05) is 0 Å². The first-order valence-electron chi connectivity index (χ1n) is 6.55. The molecule has 0 amide bonds. The van der Waals surface area contributed by atoms with Gasteiger partial charge in [0, 0.05) is 38.6 Å². The van der Waals surface area contributed by atoms with Crippen LogP contribution in [-0.4, -0.2) is 58.2 Å². The SMILES string of the molecule is Nc1cn2ccnc2c(N2CCN(CC(F)(F)F)CC2)n1. The van der Waals surface area contributed by atoms with Crippen LogP contribution >= 0.6 is 0 Å². The predicted octanol–water partition coefficient (Wildman–Crippen LogP) is 0.996. The number of anilines is 2. The van der Waals surface area contributed by atoms with Gasteiger partial charge in [0.2, 0.25) is 0 Å². The number of hydrogen-bond acceptors (Lipinski definition) is 5. The number of nitrogens with two attached hydrogens (primary N) is 1. The van der Waals surface area contributed by atoms with E-state index < -0.39 is 12.7 Å². The van der Waals surface area contributed by atoms with E-state index in [-0.39, 0.29) is 0 Å². The summed E-state index contributed by atoms with van der Waals surface area (Å²) in [4.78, 5) is 11.8. The Morgan fingerprint density at radius 1 is 1.19 bits per heavy atom. The third kappa shape index (κ3) is 3.02. The molecule has 9 heteroatoms. The van der Waals surface area contributed by atoms with Crippen molar-refractivity contribution < 1.29 is 13.2 Å². The third-order valence-electron chi connectivity index (χ3n) is 3.45. The first-order valence-corrected chi connectivity index (χ1v) is 6.55. The summed E-state index contributed by atoms with van der Waals surface area (Å²) < 4.78 is 38.9. The third-order valence-corrected chi connectivity index (χ3v) is 3.45. The molecule has 0 bridgehead atoms. The second-order valence-electron chi connectivity index (χ2n) is 5.03. The Hall–Kier alpha value is -2.03. The lowest BCUT2D eigenvalue weighted by atomic mass is 10.3. The van der Waals surface area contributed by atoms with Gasteiger partial charge in [0.15, 0.2) is 11.5 Å². The van der Waals surface area contributed by atoms with Gasteiger partial charge in [0.25, 0.3) is 0 Å². The van der Waals surface area contributed by atoms with Gasteiger partial charge in [0.1, 0.15) is 5.82 Å². The molecule has 0 atom stereocenters. The van der Waals surface area contributed by atoms with E-state index >= 15 is 0 Å². The van der Waals surface area contributed by atoms with Crippen LogP contribution in [0.25, 0.3) is 5.65 Å². The molecule has 1 aliphatic rings. The first kappa shape index (κ1) is 13.9. The lowest BCUT2D eigenvalue weighted by molar-refractivity contribution is -0.146. The minimum Gasteiger partial charge on any atom is -0.382 e. The Balaban J connectivity index is 1.75. The maximum Gasteiger partial charge on any atom is 0.401 e. The average Bonchev–Trinajstić information content (AvgIpc) is 2.85. The van der Waals surface area contributed by atoms with Crippen LogP contribution in [0.3, 0.4) is 0 Å². The van der Waals surface area contributed by atoms with Gasteiger partial charge >= 0.3 is 6.18 Å². The summed E-state index contributed by atoms with van der Waals surface area (Å²) in [6, 6.07) is 0. The average molecular weight is 300 g/mol. The van der Waals surface area contributed by atoms with Crippen molar-refractivity contribution in [3.05, 3.63) is 18.6 Å². The van der Waals surface area contributed by atoms with Crippen LogP contribution in [0.2, 0.25) is 0 Å². The number of piperazine rings is 1. The Morgan fingerprint density at radius 3 is 2.57 bits per heavy atom. The van der Waals surface area contributed by atoms with Crippen LogP contribution in [0.1, 0.15) is 0 Å². The van der Waals surface area contributed by atoms with Gasteiger partial charge in [-0.2, -0.15) is 13.2 Å². The highest BCUT2D eigenvalue weighted by Crippen LogP contribution is 2.22. The van der Waals surface area contributed by atoms with Crippen molar-refractivity contribution in [3.63, 3.8) is 0 Å². The number of halogens is 3. The molecule has 3 heterocycles. The molecule has 2 aromatic rings. The summed E-state index contributed by atoms with van der Waals surface area (Å²) in [7, 11) is 0. The predicted molar refractivity (Wildman–Crippen MR) is 72.1 cm³/mol. The minimum atomic E-state index is -4.16. The zero-order valence-corrected chi connectivity index (χ0v) is 11.2. The first-order chi connectivity index (χ1) is 9.92. The van der Waals surface area contributed by atoms with Gasteiger partial charge in [-0.15, -0.1) is 0 Å². The number of aromatic nitrogens is 3. The van der Waals surface area contributed by atoms with E-state index in [1.165, 1.54) is 4.90 Å². The Morgan fingerprint density at radius 2 is 1.90 bits per heavy atom. The van der Waals surface area contributed by atoms with Gasteiger partial charge in [0.05, 0.1) is 12.7 Å². The molecule has 0 unspecified atom stereocenters. The molecule has 114 valence electrons. The summed E-state index contributed by atoms with van der Waals surface area (Å²) in [6.07, 6.45) is 0.899. The van der Waals surface area contributed by atoms with Crippen molar-refractivity contribution in [1.29, 1.82) is 0 Å². The number of alkyl halides is 3. The summed E-state index contributed by atoms with van der Waals surface area (Å²) in [6.45, 7) is 0.736. The monoisotopic (exact) mass is 300 g/mol. The smallest absolute Gasteiger partial charge is 0.382 e. The fourth-order valence-corrected chi connectivity index (χ4v) is 2.52. The molecule has 2 N–H and O–H groups in total. The second-order valence-corrected chi connectivity index (χ2v) is 5.03. The second kappa shape index (κ2) is 5.06. The minimum absolute atomic E-state index is 0.336. The highest BCUT2D eigenvalue weighted by molar-refractivity contribution is 5.66. The fourth-order valence-electron chi connectivity index (χ4n) is 2.52. The Labute approximate surface area is 119 Å². The van der Waals surface area contributed by atoms with Crippen LogP contribution in [-0.2, 0) is 0 Å². The molecule has 2 aromatic heterocycles. The van der Waals surface area contributed by atoms with Crippen LogP contribution in [0.15, 0.2) is 18.6 Å². The van der Waals surface area contributed by atoms with Gasteiger partial charge in [-0.05, 0) is 0 Å². The zero-order chi connectivity index (χ0) is 15.0. The molecule has 1 aliphatic heterocycles. The van der Waals surface area contributed by atoms with Gasteiger partial charge in [-0.3, -0.25) is 4.90 Å². The fraction of sp³-hybridized carbons (Fsp3) is 0.500. The molecule has 1 fully saturated rings. The van der Waals surface area contributed by atoms with Crippen molar-refractivity contribution in [2.24, 2.45) is 0 Å². The standard InChI is InChI=1S/C12H15F3N6/c13-12(14,15)8-19-3-5-20(6-4-19)11-10-17-1-2-21(10)7-9(16)18-11/h1-2,7H,3-6,8,16H2. The summed E-state index contributed by atoms with van der Waals surface area (Å²) in [5.74, 6) is 0.972. The maximum absolute atomic E-state index is 12.4. The molecule has 3 rings (SSSR count). The van der Waals surface area contributed by atoms with Crippen LogP contribution < -0.4 is 10.6 Å². The number of fused-ring (bicyclic) bond motifs is 1. The normalized spacial score (nSPS) is 17.6. The topological polar surface area (TPSA) is 62.7 Å². The molecule has 21 heavy (non-hydrogen) atoms. The Bertz CT molecular complexity index is 629. The van der Waals surface area contributed by atoms with E-state index in [1.807, 2.05) is 4.90 Å². The molecule has 0 spiro atoms. The summed E-state index contributed by atoms with van der Waals surface area (Å²) in [5, 5.41) is 0. The van der Waals surface area contributed by atoms with Crippen molar-refractivity contribution in [2.45, 2.75) is 6.18 Å². The van der Waals surface area contributed by atoms with Crippen molar-refractivity contribution in [2.75, 3.05) is 43.4 Å². The molecular formula is C12H15F3N6. The van der Waals surface area contributed by atoms with E-state index in [0.29, 0.717) is 43.5 Å². The number of nitrogens with zero attached hydrogens (tertiary/aromatic N) is 5. The van der Waals surface area contributed by atoms with E-state index in [0.717, 1.165) is 0 Å². The van der Waals surface area contributed by atoms with Crippen molar-refractivity contribution >= 4 is 17.3 Å². The quantitative estimate of drug-likeness (QED) is 0.896. The highest BCUT2D eigenvalue weighted by atomic mass is 19.4. The Kier molecular flexibility index (Phi) is 3.36. The largest absolute Gasteiger partial charge is 0.401 e. The molecule has 6 nitrogen and oxygen atoms in total. The van der Waals surface area contributed by atoms with Crippen LogP contribution in [0.4, 0.5) is 24.8 Å². The van der Waals surface area contributed by atoms with Crippen LogP contribution in [0, 0.1) is 0 Å². The number of imidazole rings is 1. The molecule has 0 radical (unpaired) electrons. The molecule has 1 saturated heterocycles. The zero-order valence-electron chi connectivity index (χ0n) is 11.2. The van der Waals surface area contributed by atoms with E-state index in [9.17, 15) is 13.2 Å². The van der Waals surface area contributed by atoms with Gasteiger partial charge < -0.3 is 15.0 Å². The number of rotatable bonds is 2. The van der Waals surface area contributed by atoms with Crippen molar-refractivity contribution in [1.82, 2.24) is 19.3 Å². The van der Waals surface area contributed by atoms with Crippen LogP contribution in [0.5, 0.6) is 0 Å². The maximum atomic E-state index is 12.4. The molecule has 0 saturated carbocycles. The van der Waals surface area contributed by atoms with Gasteiger partial charge in [-0.25, -0.2) is 9.97 Å². The lowest BCUT2D eigenvalue weighted by Gasteiger charge is -2.35. The van der Waals surface area contributed by atoms with E-state index in [4.69, 9.17) is 5.73 Å². The summed E-state index contributed by atoms with van der Waals surface area (Å²) in [5.41, 5.74) is 6.42. The number of nitrogen functional groups attached to an aromatic ring is 1. The molecular weight excluding hydrogens is 285 g/mol. The van der Waals surface area contributed by atoms with E-state index in [1.54, 1.807) is 23.0 Å². The molecule has 0 aliphatic carbocycles.